The summed E-state index contributed by atoms with van der Waals surface area (Å²) in [4.78, 5) is 22.1. The molecule has 0 aliphatic rings. The van der Waals surface area contributed by atoms with Crippen molar-refractivity contribution in [3.63, 3.8) is 0 Å². The minimum atomic E-state index is -0.785. The Morgan fingerprint density at radius 1 is 1.25 bits per heavy atom. The lowest BCUT2D eigenvalue weighted by Crippen LogP contribution is -2.06. The first-order valence-corrected chi connectivity index (χ1v) is 6.00. The third-order valence-corrected chi connectivity index (χ3v) is 3.03. The van der Waals surface area contributed by atoms with Crippen LogP contribution < -0.4 is 0 Å². The lowest BCUT2D eigenvalue weighted by molar-refractivity contribution is -0.385. The second-order valence-electron chi connectivity index (χ2n) is 4.48. The van der Waals surface area contributed by atoms with E-state index in [0.717, 1.165) is 29.3 Å². The van der Waals surface area contributed by atoms with Crippen LogP contribution in [0.4, 0.5) is 10.1 Å². The van der Waals surface area contributed by atoms with Gasteiger partial charge in [-0.05, 0) is 24.1 Å². The molecule has 0 amide bonds. The van der Waals surface area contributed by atoms with E-state index in [1.165, 1.54) is 0 Å². The first-order chi connectivity index (χ1) is 9.47. The molecule has 2 aromatic rings. The van der Waals surface area contributed by atoms with Crippen LogP contribution in [0.25, 0.3) is 0 Å². The minimum absolute atomic E-state index is 0.0138. The van der Waals surface area contributed by atoms with E-state index in [1.54, 1.807) is 6.07 Å². The van der Waals surface area contributed by atoms with E-state index < -0.39 is 16.4 Å². The van der Waals surface area contributed by atoms with Gasteiger partial charge in [0, 0.05) is 18.1 Å². The zero-order valence-electron chi connectivity index (χ0n) is 10.8. The topological polar surface area (TPSA) is 60.2 Å². The second-order valence-corrected chi connectivity index (χ2v) is 4.48. The summed E-state index contributed by atoms with van der Waals surface area (Å²) in [6, 6.07) is 10.3. The molecule has 0 atom stereocenters. The number of benzene rings is 2. The molecule has 0 unspecified atom stereocenters. The lowest BCUT2D eigenvalue weighted by Gasteiger charge is -2.05. The monoisotopic (exact) mass is 273 g/mol. The van der Waals surface area contributed by atoms with Crippen molar-refractivity contribution in [2.24, 2.45) is 0 Å². The van der Waals surface area contributed by atoms with Crippen molar-refractivity contribution in [3.05, 3.63) is 75.1 Å². The molecule has 0 saturated carbocycles. The fraction of sp³-hybridized carbons (Fsp3) is 0.133. The number of carbonyl (C=O) groups excluding carboxylic acids is 1. The van der Waals surface area contributed by atoms with Crippen molar-refractivity contribution >= 4 is 11.5 Å². The minimum Gasteiger partial charge on any atom is -0.294 e. The maximum absolute atomic E-state index is 13.3. The zero-order valence-corrected chi connectivity index (χ0v) is 10.8. The van der Waals surface area contributed by atoms with Crippen molar-refractivity contribution in [2.45, 2.75) is 13.3 Å². The SMILES string of the molecule is Cc1ccccc1CC(=O)c1cc(F)cc([N+](=O)[O-])c1. The van der Waals surface area contributed by atoms with Gasteiger partial charge in [0.2, 0.25) is 0 Å². The summed E-state index contributed by atoms with van der Waals surface area (Å²) in [6.45, 7) is 1.87. The molecule has 0 aromatic heterocycles. The third-order valence-electron chi connectivity index (χ3n) is 3.03. The van der Waals surface area contributed by atoms with Gasteiger partial charge in [-0.1, -0.05) is 24.3 Å². The molecule has 4 nitrogen and oxygen atoms in total. The van der Waals surface area contributed by atoms with E-state index in [9.17, 15) is 19.3 Å². The van der Waals surface area contributed by atoms with Gasteiger partial charge in [-0.2, -0.15) is 0 Å². The summed E-state index contributed by atoms with van der Waals surface area (Å²) in [5.41, 5.74) is 1.37. The normalized spacial score (nSPS) is 10.3. The Hall–Kier alpha value is -2.56. The van der Waals surface area contributed by atoms with E-state index in [4.69, 9.17) is 0 Å². The highest BCUT2D eigenvalue weighted by Crippen LogP contribution is 2.18. The van der Waals surface area contributed by atoms with Gasteiger partial charge in [0.1, 0.15) is 5.82 Å². The highest BCUT2D eigenvalue weighted by Gasteiger charge is 2.15. The number of rotatable bonds is 4. The molecule has 102 valence electrons. The van der Waals surface area contributed by atoms with Gasteiger partial charge in [-0.15, -0.1) is 0 Å². The van der Waals surface area contributed by atoms with Crippen LogP contribution in [0.1, 0.15) is 21.5 Å². The Balaban J connectivity index is 2.30. The molecule has 0 aliphatic heterocycles. The van der Waals surface area contributed by atoms with Crippen LogP contribution in [0.15, 0.2) is 42.5 Å². The molecule has 20 heavy (non-hydrogen) atoms. The van der Waals surface area contributed by atoms with Crippen LogP contribution in [-0.2, 0) is 6.42 Å². The number of Topliss-reactive ketones (excluding diaryl/α,β-unsaturated/α-hetero) is 1. The Labute approximate surface area is 115 Å². The molecule has 5 heteroatoms. The molecule has 0 heterocycles. The van der Waals surface area contributed by atoms with E-state index in [2.05, 4.69) is 0 Å². The summed E-state index contributed by atoms with van der Waals surface area (Å²) in [6.07, 6.45) is 0.0906. The number of nitro groups is 1. The van der Waals surface area contributed by atoms with Crippen LogP contribution in [0.5, 0.6) is 0 Å². The van der Waals surface area contributed by atoms with Gasteiger partial charge in [0.15, 0.2) is 5.78 Å². The molecule has 0 saturated heterocycles. The van der Waals surface area contributed by atoms with Crippen molar-refractivity contribution in [3.8, 4) is 0 Å². The molecule has 0 fully saturated rings. The number of ketones is 1. The smallest absolute Gasteiger partial charge is 0.273 e. The molecule has 2 rings (SSSR count). The van der Waals surface area contributed by atoms with Crippen LogP contribution in [0.3, 0.4) is 0 Å². The molecule has 0 bridgehead atoms. The van der Waals surface area contributed by atoms with Gasteiger partial charge in [-0.25, -0.2) is 4.39 Å². The Morgan fingerprint density at radius 3 is 2.60 bits per heavy atom. The number of aryl methyl sites for hydroxylation is 1. The standard InChI is InChI=1S/C15H12FNO3/c1-10-4-2-3-5-11(10)8-15(18)12-6-13(16)9-14(7-12)17(19)20/h2-7,9H,8H2,1H3. The van der Waals surface area contributed by atoms with Crippen molar-refractivity contribution < 1.29 is 14.1 Å². The summed E-state index contributed by atoms with van der Waals surface area (Å²) in [5, 5.41) is 10.7. The van der Waals surface area contributed by atoms with Crippen molar-refractivity contribution in [1.82, 2.24) is 0 Å². The number of halogens is 1. The molecule has 0 spiro atoms. The number of nitro benzene ring substituents is 1. The Bertz CT molecular complexity index is 683. The van der Waals surface area contributed by atoms with Gasteiger partial charge in [0.05, 0.1) is 11.0 Å². The number of hydrogen-bond acceptors (Lipinski definition) is 3. The third kappa shape index (κ3) is 3.06. The second kappa shape index (κ2) is 5.61. The van der Waals surface area contributed by atoms with Crippen LogP contribution in [0.2, 0.25) is 0 Å². The summed E-state index contributed by atoms with van der Waals surface area (Å²) >= 11 is 0. The van der Waals surface area contributed by atoms with Crippen LogP contribution >= 0.6 is 0 Å². The first kappa shape index (κ1) is 13.9. The van der Waals surface area contributed by atoms with Crippen LogP contribution in [0, 0.1) is 22.9 Å². The quantitative estimate of drug-likeness (QED) is 0.487. The van der Waals surface area contributed by atoms with Crippen molar-refractivity contribution in [2.75, 3.05) is 0 Å². The van der Waals surface area contributed by atoms with E-state index in [0.29, 0.717) is 0 Å². The predicted molar refractivity (Wildman–Crippen MR) is 72.3 cm³/mol. The van der Waals surface area contributed by atoms with Gasteiger partial charge in [-0.3, -0.25) is 14.9 Å². The Morgan fingerprint density at radius 2 is 1.95 bits per heavy atom. The largest absolute Gasteiger partial charge is 0.294 e. The molecular weight excluding hydrogens is 261 g/mol. The lowest BCUT2D eigenvalue weighted by atomic mass is 9.99. The fourth-order valence-corrected chi connectivity index (χ4v) is 1.92. The number of hydrogen-bond donors (Lipinski definition) is 0. The van der Waals surface area contributed by atoms with Gasteiger partial charge < -0.3 is 0 Å². The summed E-state index contributed by atoms with van der Waals surface area (Å²) in [5.74, 6) is -1.13. The first-order valence-electron chi connectivity index (χ1n) is 6.00. The molecule has 0 radical (unpaired) electrons. The number of carbonyl (C=O) groups is 1. The Kier molecular flexibility index (Phi) is 3.89. The molecule has 2 aromatic carbocycles. The highest BCUT2D eigenvalue weighted by molar-refractivity contribution is 5.98. The van der Waals surface area contributed by atoms with E-state index in [-0.39, 0.29) is 17.8 Å². The van der Waals surface area contributed by atoms with Gasteiger partial charge >= 0.3 is 0 Å². The highest BCUT2D eigenvalue weighted by atomic mass is 19.1. The predicted octanol–water partition coefficient (Wildman–Crippen LogP) is 3.47. The summed E-state index contributed by atoms with van der Waals surface area (Å²) < 4.78 is 13.3. The van der Waals surface area contributed by atoms with E-state index >= 15 is 0 Å². The van der Waals surface area contributed by atoms with Gasteiger partial charge in [0.25, 0.3) is 5.69 Å². The maximum Gasteiger partial charge on any atom is 0.273 e. The maximum atomic E-state index is 13.3. The summed E-state index contributed by atoms with van der Waals surface area (Å²) in [7, 11) is 0. The fourth-order valence-electron chi connectivity index (χ4n) is 1.92. The van der Waals surface area contributed by atoms with E-state index in [1.807, 2.05) is 25.1 Å². The zero-order chi connectivity index (χ0) is 14.7. The molecular formula is C15H12FNO3. The average molecular weight is 273 g/mol. The van der Waals surface area contributed by atoms with Crippen LogP contribution in [-0.4, -0.2) is 10.7 Å². The average Bonchev–Trinajstić information content (AvgIpc) is 2.40. The number of non-ortho nitro benzene ring substituents is 1. The molecule has 0 N–H and O–H groups in total. The molecule has 0 aliphatic carbocycles. The van der Waals surface area contributed by atoms with Crippen molar-refractivity contribution in [1.29, 1.82) is 0 Å². The number of nitrogens with zero attached hydrogens (tertiary/aromatic N) is 1.